The molecule has 2 unspecified atom stereocenters. The molecule has 5 heteroatoms. The molecule has 5 nitrogen and oxygen atoms in total. The second kappa shape index (κ2) is 7.11. The number of nitrogens with one attached hydrogen (secondary N) is 1. The lowest BCUT2D eigenvalue weighted by atomic mass is 10.1. The lowest BCUT2D eigenvalue weighted by Gasteiger charge is -2.27. The summed E-state index contributed by atoms with van der Waals surface area (Å²) in [5.74, 6) is 1.51. The van der Waals surface area contributed by atoms with Gasteiger partial charge in [-0.1, -0.05) is 12.1 Å². The smallest absolute Gasteiger partial charge is 0.161 e. The van der Waals surface area contributed by atoms with E-state index in [0.717, 1.165) is 11.5 Å². The number of β-amino-alcohol motifs (C(OH)–C–C–N with tert-alkyl or cyclic N) is 1. The highest BCUT2D eigenvalue weighted by Gasteiger charge is 2.21. The van der Waals surface area contributed by atoms with Gasteiger partial charge in [0.1, 0.15) is 6.61 Å². The SMILES string of the molecule is CC(C)(C)NCC(O)COCC1COc2ccccc2O1. The summed E-state index contributed by atoms with van der Waals surface area (Å²) in [6.07, 6.45) is -0.663. The molecule has 21 heavy (non-hydrogen) atoms. The fraction of sp³-hybridized carbons (Fsp3) is 0.625. The maximum Gasteiger partial charge on any atom is 0.161 e. The van der Waals surface area contributed by atoms with Crippen LogP contribution in [0.25, 0.3) is 0 Å². The third kappa shape index (κ3) is 5.53. The van der Waals surface area contributed by atoms with Crippen LogP contribution in [-0.4, -0.2) is 49.2 Å². The van der Waals surface area contributed by atoms with E-state index in [1.807, 2.05) is 24.3 Å². The molecule has 0 aliphatic carbocycles. The van der Waals surface area contributed by atoms with Gasteiger partial charge in [-0.3, -0.25) is 0 Å². The standard InChI is InChI=1S/C16H25NO4/c1-16(2,3)17-8-12(18)9-19-10-13-11-20-14-6-4-5-7-15(14)21-13/h4-7,12-13,17-18H,8-11H2,1-3H3. The summed E-state index contributed by atoms with van der Waals surface area (Å²) >= 11 is 0. The van der Waals surface area contributed by atoms with Gasteiger partial charge in [-0.25, -0.2) is 0 Å². The summed E-state index contributed by atoms with van der Waals surface area (Å²) in [6, 6.07) is 7.59. The van der Waals surface area contributed by atoms with Crippen molar-refractivity contribution >= 4 is 0 Å². The van der Waals surface area contributed by atoms with Crippen LogP contribution in [-0.2, 0) is 4.74 Å². The zero-order valence-electron chi connectivity index (χ0n) is 13.0. The van der Waals surface area contributed by atoms with Gasteiger partial charge in [-0.15, -0.1) is 0 Å². The number of fused-ring (bicyclic) bond motifs is 1. The van der Waals surface area contributed by atoms with Gasteiger partial charge >= 0.3 is 0 Å². The number of rotatable bonds is 6. The van der Waals surface area contributed by atoms with Gasteiger partial charge in [0, 0.05) is 12.1 Å². The number of ether oxygens (including phenoxy) is 3. The maximum atomic E-state index is 9.84. The van der Waals surface area contributed by atoms with Crippen molar-refractivity contribution in [3.8, 4) is 11.5 Å². The minimum atomic E-state index is -0.527. The van der Waals surface area contributed by atoms with E-state index in [4.69, 9.17) is 14.2 Å². The molecule has 0 saturated heterocycles. The van der Waals surface area contributed by atoms with Crippen LogP contribution in [0, 0.1) is 0 Å². The Balaban J connectivity index is 1.66. The Morgan fingerprint density at radius 3 is 2.76 bits per heavy atom. The topological polar surface area (TPSA) is 60.0 Å². The van der Waals surface area contributed by atoms with Crippen LogP contribution in [0.15, 0.2) is 24.3 Å². The maximum absolute atomic E-state index is 9.84. The second-order valence-corrected chi connectivity index (χ2v) is 6.32. The van der Waals surface area contributed by atoms with Crippen molar-refractivity contribution in [3.05, 3.63) is 24.3 Å². The predicted molar refractivity (Wildman–Crippen MR) is 80.9 cm³/mol. The summed E-state index contributed by atoms with van der Waals surface area (Å²) < 4.78 is 16.9. The summed E-state index contributed by atoms with van der Waals surface area (Å²) in [4.78, 5) is 0. The predicted octanol–water partition coefficient (Wildman–Crippen LogP) is 1.59. The van der Waals surface area contributed by atoms with E-state index in [9.17, 15) is 5.11 Å². The van der Waals surface area contributed by atoms with Gasteiger partial charge < -0.3 is 24.6 Å². The van der Waals surface area contributed by atoms with Crippen molar-refractivity contribution in [3.63, 3.8) is 0 Å². The molecule has 1 heterocycles. The van der Waals surface area contributed by atoms with Gasteiger partial charge in [-0.05, 0) is 32.9 Å². The van der Waals surface area contributed by atoms with Crippen molar-refractivity contribution < 1.29 is 19.3 Å². The van der Waals surface area contributed by atoms with Gasteiger partial charge in [0.05, 0.1) is 19.3 Å². The van der Waals surface area contributed by atoms with E-state index in [2.05, 4.69) is 26.1 Å². The van der Waals surface area contributed by atoms with E-state index in [1.165, 1.54) is 0 Å². The summed E-state index contributed by atoms with van der Waals surface area (Å²) in [5.41, 5.74) is -0.00892. The minimum absolute atomic E-state index is 0.00892. The Kier molecular flexibility index (Phi) is 5.45. The molecule has 1 aliphatic rings. The van der Waals surface area contributed by atoms with Crippen LogP contribution in [0.2, 0.25) is 0 Å². The van der Waals surface area contributed by atoms with Crippen LogP contribution in [0.5, 0.6) is 11.5 Å². The van der Waals surface area contributed by atoms with Crippen molar-refractivity contribution in [2.75, 3.05) is 26.4 Å². The quantitative estimate of drug-likeness (QED) is 0.834. The molecular formula is C16H25NO4. The van der Waals surface area contributed by atoms with Crippen molar-refractivity contribution in [1.82, 2.24) is 5.32 Å². The molecule has 1 aliphatic heterocycles. The summed E-state index contributed by atoms with van der Waals surface area (Å²) in [5, 5.41) is 13.1. The van der Waals surface area contributed by atoms with Crippen LogP contribution in [0.3, 0.4) is 0 Å². The molecule has 0 bridgehead atoms. The van der Waals surface area contributed by atoms with Crippen molar-refractivity contribution in [2.45, 2.75) is 38.5 Å². The third-order valence-electron chi connectivity index (χ3n) is 3.05. The lowest BCUT2D eigenvalue weighted by molar-refractivity contribution is -0.0221. The zero-order valence-corrected chi connectivity index (χ0v) is 13.0. The summed E-state index contributed by atoms with van der Waals surface area (Å²) in [6.45, 7) is 7.84. The molecule has 0 saturated carbocycles. The molecule has 0 aromatic heterocycles. The molecule has 2 rings (SSSR count). The Morgan fingerprint density at radius 2 is 2.05 bits per heavy atom. The highest BCUT2D eigenvalue weighted by Crippen LogP contribution is 2.30. The average Bonchev–Trinajstić information content (AvgIpc) is 2.44. The highest BCUT2D eigenvalue weighted by atomic mass is 16.6. The van der Waals surface area contributed by atoms with E-state index < -0.39 is 6.10 Å². The number of aliphatic hydroxyl groups is 1. The van der Waals surface area contributed by atoms with E-state index >= 15 is 0 Å². The first kappa shape index (κ1) is 16.1. The fourth-order valence-corrected chi connectivity index (χ4v) is 1.96. The molecule has 0 amide bonds. The Bertz CT molecular complexity index is 444. The van der Waals surface area contributed by atoms with E-state index in [-0.39, 0.29) is 18.2 Å². The number of aliphatic hydroxyl groups excluding tert-OH is 1. The van der Waals surface area contributed by atoms with Gasteiger partial charge in [0.2, 0.25) is 0 Å². The molecule has 1 aromatic rings. The Hall–Kier alpha value is -1.30. The van der Waals surface area contributed by atoms with E-state index in [1.54, 1.807) is 0 Å². The van der Waals surface area contributed by atoms with Gasteiger partial charge in [-0.2, -0.15) is 0 Å². The van der Waals surface area contributed by atoms with E-state index in [0.29, 0.717) is 19.8 Å². The fourth-order valence-electron chi connectivity index (χ4n) is 1.96. The average molecular weight is 295 g/mol. The number of hydrogen-bond acceptors (Lipinski definition) is 5. The van der Waals surface area contributed by atoms with Crippen molar-refractivity contribution in [2.24, 2.45) is 0 Å². The zero-order chi connectivity index (χ0) is 15.3. The Labute approximate surface area is 126 Å². The number of para-hydroxylation sites is 2. The first-order chi connectivity index (χ1) is 9.94. The second-order valence-electron chi connectivity index (χ2n) is 6.32. The lowest BCUT2D eigenvalue weighted by Crippen LogP contribution is -2.42. The van der Waals surface area contributed by atoms with Crippen LogP contribution in [0.1, 0.15) is 20.8 Å². The molecule has 118 valence electrons. The molecule has 1 aromatic carbocycles. The van der Waals surface area contributed by atoms with Crippen LogP contribution >= 0.6 is 0 Å². The molecule has 2 N–H and O–H groups in total. The van der Waals surface area contributed by atoms with Crippen molar-refractivity contribution in [1.29, 1.82) is 0 Å². The minimum Gasteiger partial charge on any atom is -0.486 e. The highest BCUT2D eigenvalue weighted by molar-refractivity contribution is 5.40. The molecule has 0 radical (unpaired) electrons. The first-order valence-electron chi connectivity index (χ1n) is 7.33. The molecule has 0 fully saturated rings. The summed E-state index contributed by atoms with van der Waals surface area (Å²) in [7, 11) is 0. The van der Waals surface area contributed by atoms with Gasteiger partial charge in [0.15, 0.2) is 17.6 Å². The third-order valence-corrected chi connectivity index (χ3v) is 3.05. The normalized spacial score (nSPS) is 19.3. The van der Waals surface area contributed by atoms with Crippen LogP contribution < -0.4 is 14.8 Å². The molecule has 0 spiro atoms. The number of benzene rings is 1. The molecular weight excluding hydrogens is 270 g/mol. The Morgan fingerprint density at radius 1 is 1.33 bits per heavy atom. The first-order valence-corrected chi connectivity index (χ1v) is 7.33. The number of hydrogen-bond donors (Lipinski definition) is 2. The molecule has 2 atom stereocenters. The van der Waals surface area contributed by atoms with Gasteiger partial charge in [0.25, 0.3) is 0 Å². The largest absolute Gasteiger partial charge is 0.486 e. The van der Waals surface area contributed by atoms with Crippen LogP contribution in [0.4, 0.5) is 0 Å². The monoisotopic (exact) mass is 295 g/mol.